The van der Waals surface area contributed by atoms with Gasteiger partial charge >= 0.3 is 0 Å². The molecule has 10 heteroatoms. The molecule has 2 unspecified atom stereocenters. The number of ether oxygens (including phenoxy) is 1. The van der Waals surface area contributed by atoms with Crippen molar-refractivity contribution in [2.45, 2.75) is 64.1 Å². The molecule has 2 atom stereocenters. The number of hydrogen-bond donors (Lipinski definition) is 1. The Morgan fingerprint density at radius 2 is 1.49 bits per heavy atom. The predicted octanol–water partition coefficient (Wildman–Crippen LogP) is 6.72. The van der Waals surface area contributed by atoms with Gasteiger partial charge < -0.3 is 15.0 Å². The average Bonchev–Trinajstić information content (AvgIpc) is 3.06. The van der Waals surface area contributed by atoms with Crippen molar-refractivity contribution in [3.63, 3.8) is 0 Å². The van der Waals surface area contributed by atoms with Crippen molar-refractivity contribution < 1.29 is 22.7 Å². The highest BCUT2D eigenvalue weighted by Gasteiger charge is 2.35. The van der Waals surface area contributed by atoms with Crippen molar-refractivity contribution in [2.24, 2.45) is 0 Å². The highest BCUT2D eigenvalue weighted by molar-refractivity contribution is 7.92. The van der Waals surface area contributed by atoms with Crippen molar-refractivity contribution >= 4 is 39.1 Å². The second-order valence-electron chi connectivity index (χ2n) is 11.7. The van der Waals surface area contributed by atoms with Gasteiger partial charge in [0.25, 0.3) is 10.0 Å². The van der Waals surface area contributed by atoms with E-state index in [0.717, 1.165) is 26.6 Å². The van der Waals surface area contributed by atoms with Gasteiger partial charge in [-0.2, -0.15) is 0 Å². The topological polar surface area (TPSA) is 96.0 Å². The zero-order chi connectivity index (χ0) is 34.1. The van der Waals surface area contributed by atoms with Crippen LogP contribution in [0.1, 0.15) is 42.5 Å². The van der Waals surface area contributed by atoms with Gasteiger partial charge in [0.05, 0.1) is 22.7 Å². The van der Waals surface area contributed by atoms with E-state index >= 15 is 0 Å². The lowest BCUT2D eigenvalue weighted by atomic mass is 10.0. The minimum absolute atomic E-state index is 0.0169. The van der Waals surface area contributed by atoms with Gasteiger partial charge in [-0.1, -0.05) is 96.4 Å². The first-order valence-electron chi connectivity index (χ1n) is 15.5. The Bertz CT molecular complexity index is 1760. The number of benzene rings is 4. The maximum Gasteiger partial charge on any atom is 0.264 e. The summed E-state index contributed by atoms with van der Waals surface area (Å²) < 4.78 is 34.8. The SMILES string of the molecule is CCC(C)NC(=O)C(Cc1ccccc1)N(Cc1ccc(C)cc1)C(=O)CN(c1ccc(OC)c(Cl)c1)S(=O)(=O)c1ccc(C)cc1. The number of nitrogens with zero attached hydrogens (tertiary/aromatic N) is 2. The summed E-state index contributed by atoms with van der Waals surface area (Å²) >= 11 is 6.46. The van der Waals surface area contributed by atoms with Crippen molar-refractivity contribution in [1.29, 1.82) is 0 Å². The monoisotopic (exact) mass is 675 g/mol. The molecule has 4 aromatic rings. The lowest BCUT2D eigenvalue weighted by Gasteiger charge is -2.34. The van der Waals surface area contributed by atoms with Gasteiger partial charge in [-0.05, 0) is 68.7 Å². The Morgan fingerprint density at radius 3 is 2.06 bits per heavy atom. The summed E-state index contributed by atoms with van der Waals surface area (Å²) in [5.41, 5.74) is 3.79. The van der Waals surface area contributed by atoms with Gasteiger partial charge in [0.1, 0.15) is 18.3 Å². The van der Waals surface area contributed by atoms with E-state index in [1.54, 1.807) is 24.3 Å². The molecule has 4 rings (SSSR count). The molecule has 8 nitrogen and oxygen atoms in total. The van der Waals surface area contributed by atoms with Gasteiger partial charge in [-0.15, -0.1) is 0 Å². The van der Waals surface area contributed by atoms with Crippen LogP contribution >= 0.6 is 11.6 Å². The van der Waals surface area contributed by atoms with Crippen LogP contribution in [0.2, 0.25) is 5.02 Å². The molecule has 0 aromatic heterocycles. The molecule has 1 N–H and O–H groups in total. The van der Waals surface area contributed by atoms with Gasteiger partial charge in [0.15, 0.2) is 0 Å². The number of rotatable bonds is 14. The summed E-state index contributed by atoms with van der Waals surface area (Å²) in [6.45, 7) is 7.23. The minimum Gasteiger partial charge on any atom is -0.495 e. The first kappa shape index (κ1) is 35.5. The van der Waals surface area contributed by atoms with E-state index in [1.807, 2.05) is 82.3 Å². The predicted molar refractivity (Wildman–Crippen MR) is 187 cm³/mol. The molecule has 0 heterocycles. The van der Waals surface area contributed by atoms with Crippen LogP contribution in [-0.4, -0.2) is 50.9 Å². The van der Waals surface area contributed by atoms with E-state index in [1.165, 1.54) is 30.2 Å². The smallest absolute Gasteiger partial charge is 0.264 e. The van der Waals surface area contributed by atoms with Crippen LogP contribution in [0.3, 0.4) is 0 Å². The Hall–Kier alpha value is -4.34. The van der Waals surface area contributed by atoms with Crippen LogP contribution < -0.4 is 14.4 Å². The van der Waals surface area contributed by atoms with Crippen molar-refractivity contribution in [3.05, 3.63) is 124 Å². The Labute approximate surface area is 283 Å². The van der Waals surface area contributed by atoms with Gasteiger partial charge in [0, 0.05) is 19.0 Å². The highest BCUT2D eigenvalue weighted by atomic mass is 35.5. The van der Waals surface area contributed by atoms with Crippen LogP contribution in [-0.2, 0) is 32.6 Å². The molecule has 0 bridgehead atoms. The standard InChI is InChI=1S/C37H42ClN3O5S/c1-6-28(4)39-37(43)34(22-29-10-8-7-9-11-29)40(24-30-16-12-26(2)13-17-30)36(42)25-41(31-18-21-35(46-5)33(38)23-31)47(44,45)32-19-14-27(3)15-20-32/h7-21,23,28,34H,6,22,24-25H2,1-5H3,(H,39,43). The largest absolute Gasteiger partial charge is 0.495 e. The molecule has 0 aliphatic rings. The second-order valence-corrected chi connectivity index (χ2v) is 13.9. The van der Waals surface area contributed by atoms with Crippen LogP contribution in [0, 0.1) is 13.8 Å². The third-order valence-electron chi connectivity index (χ3n) is 8.06. The maximum atomic E-state index is 14.6. The number of halogens is 1. The Balaban J connectivity index is 1.83. The summed E-state index contributed by atoms with van der Waals surface area (Å²) in [7, 11) is -2.79. The molecular formula is C37H42ClN3O5S. The van der Waals surface area contributed by atoms with Crippen LogP contribution in [0.25, 0.3) is 0 Å². The van der Waals surface area contributed by atoms with E-state index < -0.39 is 28.5 Å². The van der Waals surface area contributed by atoms with Crippen molar-refractivity contribution in [2.75, 3.05) is 18.0 Å². The third-order valence-corrected chi connectivity index (χ3v) is 10.1. The molecule has 47 heavy (non-hydrogen) atoms. The molecule has 4 aromatic carbocycles. The number of aryl methyl sites for hydroxylation is 2. The molecule has 0 radical (unpaired) electrons. The highest BCUT2D eigenvalue weighted by Crippen LogP contribution is 2.32. The number of sulfonamides is 1. The summed E-state index contributed by atoms with van der Waals surface area (Å²) in [6.07, 6.45) is 0.941. The number of methoxy groups -OCH3 is 1. The lowest BCUT2D eigenvalue weighted by Crippen LogP contribution is -2.54. The summed E-state index contributed by atoms with van der Waals surface area (Å²) in [5, 5.41) is 3.24. The first-order valence-corrected chi connectivity index (χ1v) is 17.4. The number of anilines is 1. The molecule has 0 aliphatic carbocycles. The number of amides is 2. The molecule has 0 saturated carbocycles. The van der Waals surface area contributed by atoms with E-state index in [-0.39, 0.29) is 40.5 Å². The second kappa shape index (κ2) is 16.0. The number of carbonyl (C=O) groups excluding carboxylic acids is 2. The third kappa shape index (κ3) is 9.14. The Kier molecular flexibility index (Phi) is 12.1. The molecular weight excluding hydrogens is 634 g/mol. The molecule has 0 spiro atoms. The minimum atomic E-state index is -4.26. The zero-order valence-electron chi connectivity index (χ0n) is 27.4. The van der Waals surface area contributed by atoms with E-state index in [2.05, 4.69) is 5.32 Å². The fourth-order valence-corrected chi connectivity index (χ4v) is 6.72. The van der Waals surface area contributed by atoms with Crippen molar-refractivity contribution in [3.8, 4) is 5.75 Å². The average molecular weight is 676 g/mol. The van der Waals surface area contributed by atoms with Gasteiger partial charge in [-0.3, -0.25) is 13.9 Å². The van der Waals surface area contributed by atoms with Crippen LogP contribution in [0.4, 0.5) is 5.69 Å². The lowest BCUT2D eigenvalue weighted by molar-refractivity contribution is -0.140. The summed E-state index contributed by atoms with van der Waals surface area (Å²) in [6, 6.07) is 27.1. The quantitative estimate of drug-likeness (QED) is 0.160. The van der Waals surface area contributed by atoms with E-state index in [4.69, 9.17) is 16.3 Å². The fourth-order valence-electron chi connectivity index (χ4n) is 5.06. The summed E-state index contributed by atoms with van der Waals surface area (Å²) in [4.78, 5) is 30.1. The molecule has 0 saturated heterocycles. The zero-order valence-corrected chi connectivity index (χ0v) is 29.0. The van der Waals surface area contributed by atoms with Crippen LogP contribution in [0.15, 0.2) is 102 Å². The fraction of sp³-hybridized carbons (Fsp3) is 0.297. The normalized spacial score (nSPS) is 12.6. The molecule has 0 fully saturated rings. The van der Waals surface area contributed by atoms with E-state index in [9.17, 15) is 18.0 Å². The number of carbonyl (C=O) groups is 2. The Morgan fingerprint density at radius 1 is 0.872 bits per heavy atom. The van der Waals surface area contributed by atoms with Gasteiger partial charge in [0.2, 0.25) is 11.8 Å². The van der Waals surface area contributed by atoms with Gasteiger partial charge in [-0.25, -0.2) is 8.42 Å². The van der Waals surface area contributed by atoms with Crippen molar-refractivity contribution in [1.82, 2.24) is 10.2 Å². The number of hydrogen-bond acceptors (Lipinski definition) is 5. The molecule has 248 valence electrons. The summed E-state index contributed by atoms with van der Waals surface area (Å²) in [5.74, 6) is -0.502. The first-order chi connectivity index (χ1) is 22.4. The molecule has 2 amide bonds. The number of nitrogens with one attached hydrogen (secondary N) is 1. The maximum absolute atomic E-state index is 14.6. The van der Waals surface area contributed by atoms with Crippen LogP contribution in [0.5, 0.6) is 5.75 Å². The molecule has 0 aliphatic heterocycles. The van der Waals surface area contributed by atoms with E-state index in [0.29, 0.717) is 12.2 Å².